The normalized spacial score (nSPS) is 14.1. The zero-order valence-corrected chi connectivity index (χ0v) is 11.2. The molecule has 0 unspecified atom stereocenters. The number of nitrogens with zero attached hydrogens (tertiary/aromatic N) is 3. The standard InChI is InChI=1S/C11H13Cl2N5/c12-8-6-9(13)11(16-10(8)17-15)18(5-1-4-14)7-2-3-7/h6-7H,1-3,5,15H2,(H,16,17). The highest BCUT2D eigenvalue weighted by molar-refractivity contribution is 6.37. The number of aromatic nitrogens is 1. The van der Waals surface area contributed by atoms with Crippen LogP contribution in [0.2, 0.25) is 10.0 Å². The van der Waals surface area contributed by atoms with E-state index in [2.05, 4.69) is 16.5 Å². The third-order valence-corrected chi connectivity index (χ3v) is 3.34. The lowest BCUT2D eigenvalue weighted by molar-refractivity contribution is 0.778. The van der Waals surface area contributed by atoms with E-state index in [1.54, 1.807) is 6.07 Å². The summed E-state index contributed by atoms with van der Waals surface area (Å²) in [5.41, 5.74) is 2.44. The maximum absolute atomic E-state index is 8.69. The number of nitrogens with one attached hydrogen (secondary N) is 1. The van der Waals surface area contributed by atoms with Gasteiger partial charge in [-0.15, -0.1) is 0 Å². The van der Waals surface area contributed by atoms with Crippen molar-refractivity contribution in [2.75, 3.05) is 16.9 Å². The maximum Gasteiger partial charge on any atom is 0.161 e. The molecule has 0 bridgehead atoms. The number of nitrogen functional groups attached to an aromatic ring is 1. The van der Waals surface area contributed by atoms with Crippen molar-refractivity contribution in [1.82, 2.24) is 4.98 Å². The van der Waals surface area contributed by atoms with Crippen molar-refractivity contribution in [3.05, 3.63) is 16.1 Å². The van der Waals surface area contributed by atoms with Crippen LogP contribution >= 0.6 is 23.2 Å². The summed E-state index contributed by atoms with van der Waals surface area (Å²) in [5, 5.41) is 9.55. The molecule has 7 heteroatoms. The van der Waals surface area contributed by atoms with E-state index < -0.39 is 0 Å². The van der Waals surface area contributed by atoms with Crippen LogP contribution in [0.15, 0.2) is 6.07 Å². The summed E-state index contributed by atoms with van der Waals surface area (Å²) in [4.78, 5) is 6.37. The first-order valence-electron chi connectivity index (χ1n) is 5.63. The van der Waals surface area contributed by atoms with Gasteiger partial charge in [-0.3, -0.25) is 0 Å². The summed E-state index contributed by atoms with van der Waals surface area (Å²) in [6.45, 7) is 0.611. The van der Waals surface area contributed by atoms with Crippen molar-refractivity contribution >= 4 is 34.8 Å². The van der Waals surface area contributed by atoms with Gasteiger partial charge >= 0.3 is 0 Å². The highest BCUT2D eigenvalue weighted by atomic mass is 35.5. The smallest absolute Gasteiger partial charge is 0.161 e. The molecule has 18 heavy (non-hydrogen) atoms. The van der Waals surface area contributed by atoms with Gasteiger partial charge in [-0.05, 0) is 18.9 Å². The third-order valence-electron chi connectivity index (χ3n) is 2.77. The molecule has 0 aliphatic heterocycles. The second-order valence-corrected chi connectivity index (χ2v) is 4.92. The number of nitriles is 1. The molecule has 1 fully saturated rings. The predicted molar refractivity (Wildman–Crippen MR) is 72.7 cm³/mol. The van der Waals surface area contributed by atoms with Gasteiger partial charge in [0.2, 0.25) is 0 Å². The summed E-state index contributed by atoms with van der Waals surface area (Å²) in [7, 11) is 0. The maximum atomic E-state index is 8.69. The highest BCUT2D eigenvalue weighted by Crippen LogP contribution is 2.37. The van der Waals surface area contributed by atoms with E-state index >= 15 is 0 Å². The van der Waals surface area contributed by atoms with Crippen molar-refractivity contribution in [2.24, 2.45) is 5.84 Å². The van der Waals surface area contributed by atoms with Gasteiger partial charge in [-0.2, -0.15) is 5.26 Å². The molecule has 0 spiro atoms. The lowest BCUT2D eigenvalue weighted by atomic mass is 10.3. The Balaban J connectivity index is 2.31. The number of hydrazine groups is 1. The minimum Gasteiger partial charge on any atom is -0.351 e. The molecule has 2 rings (SSSR count). The lowest BCUT2D eigenvalue weighted by Gasteiger charge is -2.24. The van der Waals surface area contributed by atoms with Crippen molar-refractivity contribution < 1.29 is 0 Å². The van der Waals surface area contributed by atoms with Gasteiger partial charge in [-0.25, -0.2) is 10.8 Å². The van der Waals surface area contributed by atoms with Crippen molar-refractivity contribution in [2.45, 2.75) is 25.3 Å². The Morgan fingerprint density at radius 2 is 2.22 bits per heavy atom. The van der Waals surface area contributed by atoms with Gasteiger partial charge < -0.3 is 10.3 Å². The molecular formula is C11H13Cl2N5. The summed E-state index contributed by atoms with van der Waals surface area (Å²) in [5.74, 6) is 6.37. The fourth-order valence-electron chi connectivity index (χ4n) is 1.78. The second-order valence-electron chi connectivity index (χ2n) is 4.10. The fourth-order valence-corrected chi connectivity index (χ4v) is 2.30. The Bertz CT molecular complexity index is 481. The van der Waals surface area contributed by atoms with Crippen LogP contribution in [0.1, 0.15) is 19.3 Å². The first-order chi connectivity index (χ1) is 8.67. The zero-order chi connectivity index (χ0) is 13.1. The number of hydrogen-bond acceptors (Lipinski definition) is 5. The van der Waals surface area contributed by atoms with Crippen molar-refractivity contribution in [3.63, 3.8) is 0 Å². The molecule has 5 nitrogen and oxygen atoms in total. The minimum absolute atomic E-state index is 0.377. The second kappa shape index (κ2) is 5.61. The molecule has 0 radical (unpaired) electrons. The van der Waals surface area contributed by atoms with E-state index in [-0.39, 0.29) is 0 Å². The summed E-state index contributed by atoms with van der Waals surface area (Å²) >= 11 is 12.1. The quantitative estimate of drug-likeness (QED) is 0.642. The molecule has 96 valence electrons. The van der Waals surface area contributed by atoms with E-state index in [0.29, 0.717) is 40.7 Å². The van der Waals surface area contributed by atoms with E-state index in [4.69, 9.17) is 34.3 Å². The van der Waals surface area contributed by atoms with E-state index in [1.807, 2.05) is 4.90 Å². The number of hydrogen-bond donors (Lipinski definition) is 2. The zero-order valence-electron chi connectivity index (χ0n) is 9.66. The molecular weight excluding hydrogens is 273 g/mol. The highest BCUT2D eigenvalue weighted by Gasteiger charge is 2.31. The Labute approximate surface area is 115 Å². The third kappa shape index (κ3) is 2.78. The van der Waals surface area contributed by atoms with Gasteiger partial charge in [0.15, 0.2) is 5.82 Å². The number of nitrogens with two attached hydrogens (primary N) is 1. The monoisotopic (exact) mass is 285 g/mol. The molecule has 1 aliphatic carbocycles. The van der Waals surface area contributed by atoms with Gasteiger partial charge in [0.05, 0.1) is 22.5 Å². The predicted octanol–water partition coefficient (Wildman–Crippen LogP) is 2.56. The van der Waals surface area contributed by atoms with Crippen LogP contribution in [0.5, 0.6) is 0 Å². The van der Waals surface area contributed by atoms with Gasteiger partial charge in [-0.1, -0.05) is 23.2 Å². The fraction of sp³-hybridized carbons (Fsp3) is 0.455. The SMILES string of the molecule is N#CCCN(c1nc(NN)c(Cl)cc1Cl)C1CC1. The average Bonchev–Trinajstić information content (AvgIpc) is 3.16. The molecule has 0 aromatic carbocycles. The summed E-state index contributed by atoms with van der Waals surface area (Å²) < 4.78 is 0. The number of pyridine rings is 1. The molecule has 0 atom stereocenters. The lowest BCUT2D eigenvalue weighted by Crippen LogP contribution is -2.28. The molecule has 1 aromatic rings. The van der Waals surface area contributed by atoms with Gasteiger partial charge in [0, 0.05) is 12.6 Å². The van der Waals surface area contributed by atoms with Crippen LogP contribution in [0.25, 0.3) is 0 Å². The van der Waals surface area contributed by atoms with Crippen LogP contribution < -0.4 is 16.2 Å². The Kier molecular flexibility index (Phi) is 4.12. The number of anilines is 2. The van der Waals surface area contributed by atoms with Gasteiger partial charge in [0.25, 0.3) is 0 Å². The summed E-state index contributed by atoms with van der Waals surface area (Å²) in [6, 6.07) is 4.16. The van der Waals surface area contributed by atoms with E-state index in [0.717, 1.165) is 12.8 Å². The number of halogens is 2. The van der Waals surface area contributed by atoms with Crippen LogP contribution in [0.3, 0.4) is 0 Å². The van der Waals surface area contributed by atoms with Crippen LogP contribution in [0, 0.1) is 11.3 Å². The van der Waals surface area contributed by atoms with Crippen molar-refractivity contribution in [3.8, 4) is 6.07 Å². The molecule has 0 saturated heterocycles. The first kappa shape index (κ1) is 13.2. The minimum atomic E-state index is 0.377. The summed E-state index contributed by atoms with van der Waals surface area (Å²) in [6.07, 6.45) is 2.62. The Morgan fingerprint density at radius 3 is 2.78 bits per heavy atom. The Morgan fingerprint density at radius 1 is 1.50 bits per heavy atom. The van der Waals surface area contributed by atoms with Crippen LogP contribution in [0.4, 0.5) is 11.6 Å². The van der Waals surface area contributed by atoms with E-state index in [1.165, 1.54) is 0 Å². The largest absolute Gasteiger partial charge is 0.351 e. The molecule has 1 heterocycles. The molecule has 3 N–H and O–H groups in total. The van der Waals surface area contributed by atoms with Crippen LogP contribution in [-0.4, -0.2) is 17.6 Å². The van der Waals surface area contributed by atoms with Crippen molar-refractivity contribution in [1.29, 1.82) is 5.26 Å². The molecule has 0 amide bonds. The van der Waals surface area contributed by atoms with Crippen LogP contribution in [-0.2, 0) is 0 Å². The topological polar surface area (TPSA) is 78.0 Å². The molecule has 1 aliphatic rings. The van der Waals surface area contributed by atoms with E-state index in [9.17, 15) is 0 Å². The Hall–Kier alpha value is -1.22. The first-order valence-corrected chi connectivity index (χ1v) is 6.39. The molecule has 1 saturated carbocycles. The molecule has 1 aromatic heterocycles. The number of rotatable bonds is 5. The van der Waals surface area contributed by atoms with Gasteiger partial charge in [0.1, 0.15) is 5.82 Å². The average molecular weight is 286 g/mol.